The van der Waals surface area contributed by atoms with Crippen LogP contribution >= 0.6 is 11.6 Å². The van der Waals surface area contributed by atoms with E-state index in [0.29, 0.717) is 5.75 Å². The van der Waals surface area contributed by atoms with Crippen molar-refractivity contribution in [3.05, 3.63) is 51.4 Å². The van der Waals surface area contributed by atoms with Gasteiger partial charge in [-0.25, -0.2) is 0 Å². The molecule has 0 atom stereocenters. The van der Waals surface area contributed by atoms with Crippen molar-refractivity contribution in [3.8, 4) is 5.75 Å². The summed E-state index contributed by atoms with van der Waals surface area (Å²) in [7, 11) is 1.39. The Kier molecular flexibility index (Phi) is 3.90. The molecular formula is C12H9ClN2O5. The Morgan fingerprint density at radius 1 is 1.40 bits per heavy atom. The van der Waals surface area contributed by atoms with Crippen molar-refractivity contribution in [3.63, 3.8) is 0 Å². The highest BCUT2D eigenvalue weighted by Gasteiger charge is 2.19. The number of rotatable bonds is 4. The zero-order chi connectivity index (χ0) is 14.7. The van der Waals surface area contributed by atoms with Crippen LogP contribution in [0.2, 0.25) is 5.22 Å². The normalized spacial score (nSPS) is 10.1. The van der Waals surface area contributed by atoms with Gasteiger partial charge in [0.1, 0.15) is 11.4 Å². The van der Waals surface area contributed by atoms with Crippen LogP contribution in [0, 0.1) is 10.1 Å². The molecule has 0 fully saturated rings. The third-order valence-corrected chi connectivity index (χ3v) is 2.65. The number of furan rings is 1. The number of nitro benzene ring substituents is 1. The number of ether oxygens (including phenoxy) is 1. The molecule has 2 rings (SSSR count). The third-order valence-electron chi connectivity index (χ3n) is 2.45. The SMILES string of the molecule is COc1ccc(NC(=O)c2ccc(Cl)o2)c([N+](=O)[O-])c1. The summed E-state index contributed by atoms with van der Waals surface area (Å²) in [5.41, 5.74) is -0.247. The summed E-state index contributed by atoms with van der Waals surface area (Å²) in [4.78, 5) is 22.2. The summed E-state index contributed by atoms with van der Waals surface area (Å²) < 4.78 is 9.82. The minimum Gasteiger partial charge on any atom is -0.496 e. The van der Waals surface area contributed by atoms with Crippen LogP contribution in [-0.2, 0) is 0 Å². The zero-order valence-corrected chi connectivity index (χ0v) is 11.0. The lowest BCUT2D eigenvalue weighted by Gasteiger charge is -2.06. The van der Waals surface area contributed by atoms with Gasteiger partial charge in [0.05, 0.1) is 18.1 Å². The van der Waals surface area contributed by atoms with Crippen molar-refractivity contribution < 1.29 is 18.9 Å². The highest BCUT2D eigenvalue weighted by atomic mass is 35.5. The Morgan fingerprint density at radius 3 is 2.70 bits per heavy atom. The van der Waals surface area contributed by atoms with E-state index in [-0.39, 0.29) is 22.4 Å². The number of nitrogens with one attached hydrogen (secondary N) is 1. The van der Waals surface area contributed by atoms with Crippen LogP contribution in [0.25, 0.3) is 0 Å². The lowest BCUT2D eigenvalue weighted by atomic mass is 10.2. The van der Waals surface area contributed by atoms with Crippen LogP contribution in [0.4, 0.5) is 11.4 Å². The minimum absolute atomic E-state index is 0.0355. The zero-order valence-electron chi connectivity index (χ0n) is 10.3. The Morgan fingerprint density at radius 2 is 2.15 bits per heavy atom. The van der Waals surface area contributed by atoms with Gasteiger partial charge in [-0.2, -0.15) is 0 Å². The first-order valence-corrected chi connectivity index (χ1v) is 5.78. The van der Waals surface area contributed by atoms with Gasteiger partial charge in [0.15, 0.2) is 11.0 Å². The van der Waals surface area contributed by atoms with E-state index >= 15 is 0 Å². The Labute approximate surface area is 118 Å². The van der Waals surface area contributed by atoms with Crippen LogP contribution in [-0.4, -0.2) is 17.9 Å². The van der Waals surface area contributed by atoms with E-state index in [2.05, 4.69) is 5.32 Å². The molecule has 0 aliphatic carbocycles. The average Bonchev–Trinajstić information content (AvgIpc) is 2.85. The molecule has 104 valence electrons. The van der Waals surface area contributed by atoms with E-state index in [1.54, 1.807) is 0 Å². The number of hydrogen-bond donors (Lipinski definition) is 1. The largest absolute Gasteiger partial charge is 0.496 e. The molecule has 0 bridgehead atoms. The molecule has 0 saturated carbocycles. The molecule has 2 aromatic rings. The van der Waals surface area contributed by atoms with Crippen LogP contribution in [0.5, 0.6) is 5.75 Å². The lowest BCUT2D eigenvalue weighted by Crippen LogP contribution is -2.12. The second-order valence-electron chi connectivity index (χ2n) is 3.70. The second-order valence-corrected chi connectivity index (χ2v) is 4.07. The monoisotopic (exact) mass is 296 g/mol. The van der Waals surface area contributed by atoms with Crippen molar-refractivity contribution in [2.24, 2.45) is 0 Å². The van der Waals surface area contributed by atoms with E-state index in [0.717, 1.165) is 0 Å². The van der Waals surface area contributed by atoms with E-state index in [4.69, 9.17) is 20.8 Å². The highest BCUT2D eigenvalue weighted by Crippen LogP contribution is 2.29. The van der Waals surface area contributed by atoms with Gasteiger partial charge < -0.3 is 14.5 Å². The van der Waals surface area contributed by atoms with Gasteiger partial charge in [0.25, 0.3) is 11.6 Å². The van der Waals surface area contributed by atoms with Crippen molar-refractivity contribution >= 4 is 28.9 Å². The Balaban J connectivity index is 2.29. The van der Waals surface area contributed by atoms with E-state index in [1.165, 1.54) is 37.4 Å². The molecule has 7 nitrogen and oxygen atoms in total. The molecule has 20 heavy (non-hydrogen) atoms. The molecule has 1 aromatic heterocycles. The van der Waals surface area contributed by atoms with Gasteiger partial charge in [0, 0.05) is 0 Å². The van der Waals surface area contributed by atoms with Crippen LogP contribution in [0.15, 0.2) is 34.7 Å². The van der Waals surface area contributed by atoms with Crippen molar-refractivity contribution in [2.45, 2.75) is 0 Å². The van der Waals surface area contributed by atoms with Crippen LogP contribution in [0.1, 0.15) is 10.6 Å². The number of anilines is 1. The molecule has 1 N–H and O–H groups in total. The molecule has 0 aliphatic rings. The maximum atomic E-state index is 11.8. The molecule has 0 spiro atoms. The molecule has 0 saturated heterocycles. The van der Waals surface area contributed by atoms with Crippen LogP contribution in [0.3, 0.4) is 0 Å². The first-order valence-electron chi connectivity index (χ1n) is 5.40. The number of methoxy groups -OCH3 is 1. The number of carbonyl (C=O) groups excluding carboxylic acids is 1. The first-order chi connectivity index (χ1) is 9.51. The standard InChI is InChI=1S/C12H9ClN2O5/c1-19-7-2-3-8(9(6-7)15(17)18)14-12(16)10-4-5-11(13)20-10/h2-6H,1H3,(H,14,16). The molecule has 0 aliphatic heterocycles. The van der Waals surface area contributed by atoms with Gasteiger partial charge in [-0.05, 0) is 35.9 Å². The van der Waals surface area contributed by atoms with Gasteiger partial charge >= 0.3 is 0 Å². The van der Waals surface area contributed by atoms with E-state index in [1.807, 2.05) is 0 Å². The summed E-state index contributed by atoms with van der Waals surface area (Å²) in [6.07, 6.45) is 0. The van der Waals surface area contributed by atoms with Gasteiger partial charge in [-0.3, -0.25) is 14.9 Å². The predicted molar refractivity (Wildman–Crippen MR) is 71.3 cm³/mol. The maximum Gasteiger partial charge on any atom is 0.296 e. The van der Waals surface area contributed by atoms with Gasteiger partial charge in [-0.15, -0.1) is 0 Å². The number of nitrogens with zero attached hydrogens (tertiary/aromatic N) is 1. The number of amides is 1. The maximum absolute atomic E-state index is 11.8. The first kappa shape index (κ1) is 13.9. The summed E-state index contributed by atoms with van der Waals surface area (Å²) in [6.45, 7) is 0. The number of benzene rings is 1. The van der Waals surface area contributed by atoms with Crippen molar-refractivity contribution in [1.29, 1.82) is 0 Å². The van der Waals surface area contributed by atoms with E-state index in [9.17, 15) is 14.9 Å². The molecule has 1 amide bonds. The topological polar surface area (TPSA) is 94.6 Å². The summed E-state index contributed by atoms with van der Waals surface area (Å²) in [6, 6.07) is 6.85. The lowest BCUT2D eigenvalue weighted by molar-refractivity contribution is -0.384. The van der Waals surface area contributed by atoms with Crippen molar-refractivity contribution in [2.75, 3.05) is 12.4 Å². The third kappa shape index (κ3) is 2.89. The number of hydrogen-bond acceptors (Lipinski definition) is 5. The molecule has 1 heterocycles. The minimum atomic E-state index is -0.634. The quantitative estimate of drug-likeness (QED) is 0.691. The smallest absolute Gasteiger partial charge is 0.296 e. The fraction of sp³-hybridized carbons (Fsp3) is 0.0833. The number of nitro groups is 1. The Bertz CT molecular complexity index is 668. The van der Waals surface area contributed by atoms with Gasteiger partial charge in [-0.1, -0.05) is 0 Å². The molecule has 0 unspecified atom stereocenters. The molecular weight excluding hydrogens is 288 g/mol. The summed E-state index contributed by atoms with van der Waals surface area (Å²) >= 11 is 5.56. The fourth-order valence-electron chi connectivity index (χ4n) is 1.52. The molecule has 1 aromatic carbocycles. The molecule has 8 heteroatoms. The van der Waals surface area contributed by atoms with Crippen molar-refractivity contribution in [1.82, 2.24) is 0 Å². The highest BCUT2D eigenvalue weighted by molar-refractivity contribution is 6.29. The molecule has 0 radical (unpaired) electrons. The second kappa shape index (κ2) is 5.62. The summed E-state index contributed by atoms with van der Waals surface area (Å²) in [5.74, 6) is -0.360. The summed E-state index contributed by atoms with van der Waals surface area (Å²) in [5, 5.41) is 13.4. The van der Waals surface area contributed by atoms with Crippen LogP contribution < -0.4 is 10.1 Å². The van der Waals surface area contributed by atoms with E-state index < -0.39 is 10.8 Å². The fourth-order valence-corrected chi connectivity index (χ4v) is 1.66. The predicted octanol–water partition coefficient (Wildman–Crippen LogP) is 3.10. The number of carbonyl (C=O) groups is 1. The van der Waals surface area contributed by atoms with Gasteiger partial charge in [0.2, 0.25) is 0 Å². The average molecular weight is 297 g/mol. The Hall–Kier alpha value is -2.54. The number of halogens is 1.